The van der Waals surface area contributed by atoms with E-state index in [2.05, 4.69) is 33.1 Å². The fourth-order valence-electron chi connectivity index (χ4n) is 1.48. The lowest BCUT2D eigenvalue weighted by Gasteiger charge is -2.01. The molecule has 0 aliphatic rings. The van der Waals surface area contributed by atoms with E-state index in [9.17, 15) is 4.79 Å². The van der Waals surface area contributed by atoms with E-state index >= 15 is 0 Å². The van der Waals surface area contributed by atoms with E-state index in [-0.39, 0.29) is 5.91 Å². The molecule has 0 radical (unpaired) electrons. The number of carbonyl (C=O) groups excluding carboxylic acids is 1. The van der Waals surface area contributed by atoms with Gasteiger partial charge in [-0.25, -0.2) is 0 Å². The minimum absolute atomic E-state index is 0.272. The summed E-state index contributed by atoms with van der Waals surface area (Å²) >= 11 is 3.37. The van der Waals surface area contributed by atoms with Crippen LogP contribution < -0.4 is 5.32 Å². The van der Waals surface area contributed by atoms with Crippen molar-refractivity contribution in [3.63, 3.8) is 0 Å². The van der Waals surface area contributed by atoms with Crippen molar-refractivity contribution in [3.8, 4) is 11.8 Å². The molecule has 2 aromatic carbocycles. The Kier molecular flexibility index (Phi) is 4.77. The highest BCUT2D eigenvalue weighted by Crippen LogP contribution is 2.10. The number of carbonyl (C=O) groups is 1. The van der Waals surface area contributed by atoms with Crippen molar-refractivity contribution in [2.45, 2.75) is 6.54 Å². The first-order valence-corrected chi connectivity index (χ1v) is 6.63. The van der Waals surface area contributed by atoms with Crippen molar-refractivity contribution in [1.29, 1.82) is 0 Å². The van der Waals surface area contributed by atoms with Gasteiger partial charge in [-0.3, -0.25) is 4.79 Å². The first-order chi connectivity index (χ1) is 9.24. The topological polar surface area (TPSA) is 29.1 Å². The minimum Gasteiger partial charge on any atom is -0.341 e. The van der Waals surface area contributed by atoms with Gasteiger partial charge in [0, 0.05) is 22.5 Å². The Labute approximate surface area is 121 Å². The summed E-state index contributed by atoms with van der Waals surface area (Å²) in [4.78, 5) is 11.6. The van der Waals surface area contributed by atoms with E-state index in [1.54, 1.807) is 0 Å². The number of benzene rings is 2. The lowest BCUT2D eigenvalue weighted by atomic mass is 10.2. The summed E-state index contributed by atoms with van der Waals surface area (Å²) in [5.41, 5.74) is 1.87. The normalized spacial score (nSPS) is 9.32. The molecule has 2 aromatic rings. The highest BCUT2D eigenvalue weighted by molar-refractivity contribution is 9.10. The van der Waals surface area contributed by atoms with Crippen molar-refractivity contribution in [2.24, 2.45) is 0 Å². The third-order valence-electron chi connectivity index (χ3n) is 2.46. The molecule has 0 aromatic heterocycles. The average molecular weight is 314 g/mol. The molecule has 0 heterocycles. The summed E-state index contributed by atoms with van der Waals surface area (Å²) in [7, 11) is 0. The van der Waals surface area contributed by atoms with E-state index in [4.69, 9.17) is 0 Å². The maximum atomic E-state index is 11.6. The van der Waals surface area contributed by atoms with E-state index in [0.717, 1.165) is 15.6 Å². The van der Waals surface area contributed by atoms with Gasteiger partial charge in [0.2, 0.25) is 0 Å². The highest BCUT2D eigenvalue weighted by Gasteiger charge is 1.96. The lowest BCUT2D eigenvalue weighted by molar-refractivity contribution is -0.115. The SMILES string of the molecule is O=C(C#Cc1ccccc1)NCc1ccc(Br)cc1. The van der Waals surface area contributed by atoms with Crippen LogP contribution in [0, 0.1) is 11.8 Å². The first-order valence-electron chi connectivity index (χ1n) is 5.83. The summed E-state index contributed by atoms with van der Waals surface area (Å²) in [6.45, 7) is 0.482. The summed E-state index contributed by atoms with van der Waals surface area (Å²) in [6.07, 6.45) is 0. The molecule has 0 spiro atoms. The van der Waals surface area contributed by atoms with Crippen LogP contribution in [0.4, 0.5) is 0 Å². The van der Waals surface area contributed by atoms with Crippen LogP contribution in [-0.2, 0) is 11.3 Å². The molecule has 19 heavy (non-hydrogen) atoms. The molecular weight excluding hydrogens is 302 g/mol. The van der Waals surface area contributed by atoms with Gasteiger partial charge in [0.15, 0.2) is 0 Å². The predicted octanol–water partition coefficient (Wildman–Crippen LogP) is 3.12. The number of hydrogen-bond acceptors (Lipinski definition) is 1. The van der Waals surface area contributed by atoms with Gasteiger partial charge in [-0.15, -0.1) is 0 Å². The zero-order valence-corrected chi connectivity index (χ0v) is 11.8. The Morgan fingerprint density at radius 1 is 1.05 bits per heavy atom. The monoisotopic (exact) mass is 313 g/mol. The highest BCUT2D eigenvalue weighted by atomic mass is 79.9. The molecule has 0 aliphatic heterocycles. The Bertz CT molecular complexity index is 609. The third kappa shape index (κ3) is 4.61. The summed E-state index contributed by atoms with van der Waals surface area (Å²) in [5, 5.41) is 2.76. The quantitative estimate of drug-likeness (QED) is 0.848. The molecule has 0 fully saturated rings. The molecule has 0 aliphatic carbocycles. The molecule has 0 unspecified atom stereocenters. The summed E-state index contributed by atoms with van der Waals surface area (Å²) < 4.78 is 1.02. The molecule has 2 nitrogen and oxygen atoms in total. The molecule has 1 N–H and O–H groups in total. The van der Waals surface area contributed by atoms with Crippen molar-refractivity contribution in [3.05, 3.63) is 70.2 Å². The van der Waals surface area contributed by atoms with Crippen molar-refractivity contribution < 1.29 is 4.79 Å². The maximum Gasteiger partial charge on any atom is 0.296 e. The van der Waals surface area contributed by atoms with Gasteiger partial charge >= 0.3 is 0 Å². The third-order valence-corrected chi connectivity index (χ3v) is 2.99. The van der Waals surface area contributed by atoms with Crippen LogP contribution in [0.1, 0.15) is 11.1 Å². The second-order valence-corrected chi connectivity index (χ2v) is 4.84. The van der Waals surface area contributed by atoms with E-state index < -0.39 is 0 Å². The Hall–Kier alpha value is -2.05. The molecule has 0 saturated carbocycles. The number of hydrogen-bond donors (Lipinski definition) is 1. The van der Waals surface area contributed by atoms with Crippen LogP contribution in [0.15, 0.2) is 59.1 Å². The molecule has 0 saturated heterocycles. The number of halogens is 1. The maximum absolute atomic E-state index is 11.6. The average Bonchev–Trinajstić information content (AvgIpc) is 2.45. The molecule has 2 rings (SSSR count). The van der Waals surface area contributed by atoms with Gasteiger partial charge < -0.3 is 5.32 Å². The minimum atomic E-state index is -0.272. The zero-order chi connectivity index (χ0) is 13.5. The van der Waals surface area contributed by atoms with E-state index in [1.165, 1.54) is 0 Å². The van der Waals surface area contributed by atoms with Crippen LogP contribution in [0.2, 0.25) is 0 Å². The summed E-state index contributed by atoms with van der Waals surface area (Å²) in [5.74, 6) is 5.12. The van der Waals surface area contributed by atoms with E-state index in [0.29, 0.717) is 6.54 Å². The molecular formula is C16H12BrNO. The van der Waals surface area contributed by atoms with Gasteiger partial charge in [-0.05, 0) is 29.8 Å². The van der Waals surface area contributed by atoms with Crippen molar-refractivity contribution in [2.75, 3.05) is 0 Å². The molecule has 94 valence electrons. The molecule has 3 heteroatoms. The predicted molar refractivity (Wildman–Crippen MR) is 79.3 cm³/mol. The Morgan fingerprint density at radius 2 is 1.74 bits per heavy atom. The fourth-order valence-corrected chi connectivity index (χ4v) is 1.74. The first kappa shape index (κ1) is 13.4. The van der Waals surface area contributed by atoms with Crippen LogP contribution in [0.3, 0.4) is 0 Å². The number of amides is 1. The van der Waals surface area contributed by atoms with Crippen molar-refractivity contribution >= 4 is 21.8 Å². The molecule has 0 bridgehead atoms. The number of rotatable bonds is 2. The van der Waals surface area contributed by atoms with Crippen LogP contribution in [0.5, 0.6) is 0 Å². The second kappa shape index (κ2) is 6.77. The molecule has 1 amide bonds. The zero-order valence-electron chi connectivity index (χ0n) is 10.2. The fraction of sp³-hybridized carbons (Fsp3) is 0.0625. The molecule has 0 atom stereocenters. The summed E-state index contributed by atoms with van der Waals surface area (Å²) in [6, 6.07) is 17.2. The van der Waals surface area contributed by atoms with Gasteiger partial charge in [-0.2, -0.15) is 0 Å². The lowest BCUT2D eigenvalue weighted by Crippen LogP contribution is -2.20. The van der Waals surface area contributed by atoms with Crippen LogP contribution >= 0.6 is 15.9 Å². The number of nitrogens with one attached hydrogen (secondary N) is 1. The smallest absolute Gasteiger partial charge is 0.296 e. The van der Waals surface area contributed by atoms with E-state index in [1.807, 2.05) is 54.6 Å². The van der Waals surface area contributed by atoms with Crippen LogP contribution in [-0.4, -0.2) is 5.91 Å². The largest absolute Gasteiger partial charge is 0.341 e. The van der Waals surface area contributed by atoms with Crippen LogP contribution in [0.25, 0.3) is 0 Å². The van der Waals surface area contributed by atoms with Gasteiger partial charge in [-0.1, -0.05) is 52.2 Å². The van der Waals surface area contributed by atoms with Gasteiger partial charge in [0.05, 0.1) is 0 Å². The van der Waals surface area contributed by atoms with Gasteiger partial charge in [0.25, 0.3) is 5.91 Å². The Morgan fingerprint density at radius 3 is 2.42 bits per heavy atom. The van der Waals surface area contributed by atoms with Gasteiger partial charge in [0.1, 0.15) is 0 Å². The second-order valence-electron chi connectivity index (χ2n) is 3.93. The van der Waals surface area contributed by atoms with Crippen molar-refractivity contribution in [1.82, 2.24) is 5.32 Å². The Balaban J connectivity index is 1.89. The standard InChI is InChI=1S/C16H12BrNO/c17-15-9-6-14(7-10-15)12-18-16(19)11-8-13-4-2-1-3-5-13/h1-7,9-10H,12H2,(H,18,19).